The number of β-amino-alcohol motifs (C(OH)–C–C–N with tert-alkyl or cyclic N) is 1. The Bertz CT molecular complexity index is 493. The zero-order valence-corrected chi connectivity index (χ0v) is 14.2. The summed E-state index contributed by atoms with van der Waals surface area (Å²) in [4.78, 5) is 16.5. The van der Waals surface area contributed by atoms with E-state index in [4.69, 9.17) is 5.73 Å². The predicted molar refractivity (Wildman–Crippen MR) is 93.0 cm³/mol. The van der Waals surface area contributed by atoms with Gasteiger partial charge in [-0.3, -0.25) is 4.79 Å². The van der Waals surface area contributed by atoms with Crippen molar-refractivity contribution in [2.24, 2.45) is 5.92 Å². The molecule has 0 radical (unpaired) electrons. The molecular formula is C18H29N3O2. The highest BCUT2D eigenvalue weighted by Gasteiger charge is 2.22. The Kier molecular flexibility index (Phi) is 6.42. The van der Waals surface area contributed by atoms with Crippen LogP contribution in [0.2, 0.25) is 0 Å². The minimum atomic E-state index is -0.268. The first kappa shape index (κ1) is 17.8. The van der Waals surface area contributed by atoms with Gasteiger partial charge in [0.05, 0.1) is 12.5 Å². The van der Waals surface area contributed by atoms with E-state index in [1.165, 1.54) is 0 Å². The number of anilines is 1. The molecule has 1 aliphatic rings. The zero-order valence-electron chi connectivity index (χ0n) is 14.2. The number of rotatable bonds is 6. The first-order valence-corrected chi connectivity index (χ1v) is 8.43. The number of hydrogen-bond donors (Lipinski definition) is 2. The van der Waals surface area contributed by atoms with Crippen LogP contribution in [-0.4, -0.2) is 60.1 Å². The molecule has 1 aliphatic heterocycles. The van der Waals surface area contributed by atoms with Gasteiger partial charge >= 0.3 is 0 Å². The van der Waals surface area contributed by atoms with E-state index in [0.717, 1.165) is 50.3 Å². The van der Waals surface area contributed by atoms with E-state index in [9.17, 15) is 9.90 Å². The van der Waals surface area contributed by atoms with Gasteiger partial charge in [0.15, 0.2) is 0 Å². The summed E-state index contributed by atoms with van der Waals surface area (Å²) in [5.41, 5.74) is 7.39. The van der Waals surface area contributed by atoms with Gasteiger partial charge in [0, 0.05) is 25.8 Å². The Hall–Kier alpha value is -1.59. The molecule has 1 aromatic rings. The second kappa shape index (κ2) is 8.31. The fourth-order valence-electron chi connectivity index (χ4n) is 3.16. The van der Waals surface area contributed by atoms with E-state index in [1.54, 1.807) is 0 Å². The van der Waals surface area contributed by atoms with Gasteiger partial charge < -0.3 is 20.6 Å². The Morgan fingerprint density at radius 1 is 1.35 bits per heavy atom. The minimum Gasteiger partial charge on any atom is -0.399 e. The van der Waals surface area contributed by atoms with E-state index >= 15 is 0 Å². The second-order valence-electron chi connectivity index (χ2n) is 6.79. The number of piperidine rings is 1. The molecule has 1 aromatic carbocycles. The van der Waals surface area contributed by atoms with Crippen LogP contribution in [0.1, 0.15) is 25.3 Å². The van der Waals surface area contributed by atoms with E-state index < -0.39 is 0 Å². The van der Waals surface area contributed by atoms with Crippen molar-refractivity contribution in [2.75, 3.05) is 39.0 Å². The summed E-state index contributed by atoms with van der Waals surface area (Å²) < 4.78 is 0. The standard InChI is InChI=1S/C18H29N3O2/c1-14(22)12-21-9-7-16(8-10-21)13-20(2)18(23)11-15-3-5-17(19)6-4-15/h3-6,14,16,22H,7-13,19H2,1-2H3. The van der Waals surface area contributed by atoms with Crippen molar-refractivity contribution in [3.05, 3.63) is 29.8 Å². The molecule has 2 rings (SSSR count). The Labute approximate surface area is 139 Å². The summed E-state index contributed by atoms with van der Waals surface area (Å²) in [5.74, 6) is 0.710. The average Bonchev–Trinajstić information content (AvgIpc) is 2.51. The fourth-order valence-corrected chi connectivity index (χ4v) is 3.16. The first-order chi connectivity index (χ1) is 10.9. The lowest BCUT2D eigenvalue weighted by atomic mass is 9.96. The lowest BCUT2D eigenvalue weighted by Crippen LogP contribution is -2.41. The van der Waals surface area contributed by atoms with Gasteiger partial charge in [-0.1, -0.05) is 12.1 Å². The number of nitrogen functional groups attached to an aromatic ring is 1. The van der Waals surface area contributed by atoms with Crippen LogP contribution in [0.25, 0.3) is 0 Å². The third-order valence-corrected chi connectivity index (χ3v) is 4.52. The monoisotopic (exact) mass is 319 g/mol. The molecule has 1 amide bonds. The number of hydrogen-bond acceptors (Lipinski definition) is 4. The molecule has 1 heterocycles. The normalized spacial score (nSPS) is 17.9. The highest BCUT2D eigenvalue weighted by molar-refractivity contribution is 5.78. The van der Waals surface area contributed by atoms with Gasteiger partial charge in [-0.2, -0.15) is 0 Å². The molecule has 0 aliphatic carbocycles. The van der Waals surface area contributed by atoms with Crippen LogP contribution in [0, 0.1) is 5.92 Å². The van der Waals surface area contributed by atoms with Crippen LogP contribution in [0.15, 0.2) is 24.3 Å². The summed E-state index contributed by atoms with van der Waals surface area (Å²) in [6.07, 6.45) is 2.34. The SMILES string of the molecule is CC(O)CN1CCC(CN(C)C(=O)Cc2ccc(N)cc2)CC1. The van der Waals surface area contributed by atoms with Gasteiger partial charge in [-0.05, 0) is 56.5 Å². The summed E-state index contributed by atoms with van der Waals surface area (Å²) in [6, 6.07) is 7.49. The molecule has 3 N–H and O–H groups in total. The highest BCUT2D eigenvalue weighted by Crippen LogP contribution is 2.18. The number of likely N-dealkylation sites (N-methyl/N-ethyl adjacent to an activating group) is 1. The molecule has 5 nitrogen and oxygen atoms in total. The molecule has 1 atom stereocenters. The largest absolute Gasteiger partial charge is 0.399 e. The highest BCUT2D eigenvalue weighted by atomic mass is 16.3. The molecule has 5 heteroatoms. The van der Waals surface area contributed by atoms with E-state index in [1.807, 2.05) is 43.1 Å². The molecule has 0 aromatic heterocycles. The van der Waals surface area contributed by atoms with Crippen molar-refractivity contribution < 1.29 is 9.90 Å². The molecule has 128 valence electrons. The predicted octanol–water partition coefficient (Wildman–Crippen LogP) is 1.36. The number of aliphatic hydroxyl groups excluding tert-OH is 1. The van der Waals surface area contributed by atoms with Crippen LogP contribution in [0.4, 0.5) is 5.69 Å². The molecular weight excluding hydrogens is 290 g/mol. The van der Waals surface area contributed by atoms with Gasteiger partial charge in [0.25, 0.3) is 0 Å². The number of carbonyl (C=O) groups is 1. The quantitative estimate of drug-likeness (QED) is 0.777. The van der Waals surface area contributed by atoms with Crippen molar-refractivity contribution in [1.29, 1.82) is 0 Å². The van der Waals surface area contributed by atoms with Crippen LogP contribution >= 0.6 is 0 Å². The van der Waals surface area contributed by atoms with Gasteiger partial charge in [-0.15, -0.1) is 0 Å². The summed E-state index contributed by atoms with van der Waals surface area (Å²) in [7, 11) is 1.89. The van der Waals surface area contributed by atoms with E-state index in [-0.39, 0.29) is 12.0 Å². The van der Waals surface area contributed by atoms with Crippen LogP contribution < -0.4 is 5.73 Å². The number of nitrogens with zero attached hydrogens (tertiary/aromatic N) is 2. The Balaban J connectivity index is 1.75. The summed E-state index contributed by atoms with van der Waals surface area (Å²) in [6.45, 7) is 5.41. The molecule has 0 saturated carbocycles. The lowest BCUT2D eigenvalue weighted by Gasteiger charge is -2.34. The smallest absolute Gasteiger partial charge is 0.226 e. The lowest BCUT2D eigenvalue weighted by molar-refractivity contribution is -0.129. The van der Waals surface area contributed by atoms with Crippen molar-refractivity contribution in [1.82, 2.24) is 9.80 Å². The number of carbonyl (C=O) groups excluding carboxylic acids is 1. The van der Waals surface area contributed by atoms with Crippen molar-refractivity contribution >= 4 is 11.6 Å². The maximum atomic E-state index is 12.3. The average molecular weight is 319 g/mol. The Morgan fingerprint density at radius 3 is 2.52 bits per heavy atom. The summed E-state index contributed by atoms with van der Waals surface area (Å²) >= 11 is 0. The van der Waals surface area contributed by atoms with Crippen molar-refractivity contribution in [2.45, 2.75) is 32.3 Å². The molecule has 23 heavy (non-hydrogen) atoms. The van der Waals surface area contributed by atoms with Crippen molar-refractivity contribution in [3.63, 3.8) is 0 Å². The molecule has 1 unspecified atom stereocenters. The first-order valence-electron chi connectivity index (χ1n) is 8.43. The second-order valence-corrected chi connectivity index (χ2v) is 6.79. The minimum absolute atomic E-state index is 0.154. The van der Waals surface area contributed by atoms with Crippen LogP contribution in [-0.2, 0) is 11.2 Å². The topological polar surface area (TPSA) is 69.8 Å². The van der Waals surface area contributed by atoms with Crippen LogP contribution in [0.3, 0.4) is 0 Å². The summed E-state index contributed by atoms with van der Waals surface area (Å²) in [5, 5.41) is 9.44. The fraction of sp³-hybridized carbons (Fsp3) is 0.611. The number of amides is 1. The number of nitrogens with two attached hydrogens (primary N) is 1. The van der Waals surface area contributed by atoms with Gasteiger partial charge in [-0.25, -0.2) is 0 Å². The third-order valence-electron chi connectivity index (χ3n) is 4.52. The van der Waals surface area contributed by atoms with E-state index in [0.29, 0.717) is 12.3 Å². The zero-order chi connectivity index (χ0) is 16.8. The van der Waals surface area contributed by atoms with Gasteiger partial charge in [0.2, 0.25) is 5.91 Å². The van der Waals surface area contributed by atoms with Gasteiger partial charge in [0.1, 0.15) is 0 Å². The Morgan fingerprint density at radius 2 is 1.96 bits per heavy atom. The molecule has 0 spiro atoms. The van der Waals surface area contributed by atoms with Crippen LogP contribution in [0.5, 0.6) is 0 Å². The number of aliphatic hydroxyl groups is 1. The third kappa shape index (κ3) is 5.84. The molecule has 0 bridgehead atoms. The maximum absolute atomic E-state index is 12.3. The van der Waals surface area contributed by atoms with Crippen molar-refractivity contribution in [3.8, 4) is 0 Å². The number of benzene rings is 1. The molecule has 1 saturated heterocycles. The maximum Gasteiger partial charge on any atom is 0.226 e. The molecule has 1 fully saturated rings. The number of likely N-dealkylation sites (tertiary alicyclic amines) is 1. The van der Waals surface area contributed by atoms with E-state index in [2.05, 4.69) is 4.90 Å².